The lowest BCUT2D eigenvalue weighted by molar-refractivity contribution is -0.125. The molecule has 0 amide bonds. The fourth-order valence-corrected chi connectivity index (χ4v) is 3.85. The minimum atomic E-state index is 0.264. The van der Waals surface area contributed by atoms with Crippen LogP contribution in [0.15, 0.2) is 12.1 Å². The Bertz CT molecular complexity index is 464. The predicted octanol–water partition coefficient (Wildman–Crippen LogP) is 4.94. The fourth-order valence-electron chi connectivity index (χ4n) is 3.85. The molecule has 1 aliphatic carbocycles. The van der Waals surface area contributed by atoms with Gasteiger partial charge in [0, 0.05) is 12.3 Å². The summed E-state index contributed by atoms with van der Waals surface area (Å²) >= 11 is 0. The number of ketones is 1. The van der Waals surface area contributed by atoms with Gasteiger partial charge in [-0.25, -0.2) is 0 Å². The average molecular weight is 272 g/mol. The van der Waals surface area contributed by atoms with Crippen molar-refractivity contribution in [2.75, 3.05) is 0 Å². The van der Waals surface area contributed by atoms with Crippen LogP contribution in [0.2, 0.25) is 0 Å². The zero-order valence-electron chi connectivity index (χ0n) is 13.5. The van der Waals surface area contributed by atoms with E-state index in [0.29, 0.717) is 5.78 Å². The SMILES string of the molecule is CCCC1CCC(=O)C(Cc2c(C)cc(C)cc2C)C1. The summed E-state index contributed by atoms with van der Waals surface area (Å²) in [5.41, 5.74) is 5.44. The zero-order valence-corrected chi connectivity index (χ0v) is 13.5. The molecule has 0 N–H and O–H groups in total. The molecule has 0 saturated heterocycles. The molecule has 0 heterocycles. The van der Waals surface area contributed by atoms with E-state index in [2.05, 4.69) is 39.8 Å². The standard InChI is InChI=1S/C19H28O/c1-5-6-16-7-8-19(20)17(11-16)12-18-14(3)9-13(2)10-15(18)4/h9-10,16-17H,5-8,11-12H2,1-4H3. The summed E-state index contributed by atoms with van der Waals surface area (Å²) in [6.45, 7) is 8.77. The minimum Gasteiger partial charge on any atom is -0.299 e. The van der Waals surface area contributed by atoms with Crippen molar-refractivity contribution in [3.05, 3.63) is 34.4 Å². The predicted molar refractivity (Wildman–Crippen MR) is 85.1 cm³/mol. The van der Waals surface area contributed by atoms with Crippen molar-refractivity contribution in [1.82, 2.24) is 0 Å². The molecule has 0 aromatic heterocycles. The third kappa shape index (κ3) is 3.50. The first-order valence-corrected chi connectivity index (χ1v) is 8.10. The van der Waals surface area contributed by atoms with Crippen molar-refractivity contribution < 1.29 is 4.79 Å². The van der Waals surface area contributed by atoms with E-state index in [9.17, 15) is 4.79 Å². The van der Waals surface area contributed by atoms with Crippen LogP contribution in [0.1, 0.15) is 61.3 Å². The first-order valence-electron chi connectivity index (χ1n) is 8.10. The molecular weight excluding hydrogens is 244 g/mol. The van der Waals surface area contributed by atoms with Gasteiger partial charge >= 0.3 is 0 Å². The third-order valence-electron chi connectivity index (χ3n) is 4.86. The Labute approximate surface area is 123 Å². The second kappa shape index (κ2) is 6.56. The lowest BCUT2D eigenvalue weighted by Crippen LogP contribution is -2.27. The van der Waals surface area contributed by atoms with Crippen molar-refractivity contribution in [2.24, 2.45) is 11.8 Å². The van der Waals surface area contributed by atoms with Gasteiger partial charge in [0.15, 0.2) is 0 Å². The van der Waals surface area contributed by atoms with E-state index >= 15 is 0 Å². The van der Waals surface area contributed by atoms with Gasteiger partial charge in [-0.15, -0.1) is 0 Å². The van der Waals surface area contributed by atoms with Crippen molar-refractivity contribution in [3.8, 4) is 0 Å². The van der Waals surface area contributed by atoms with Crippen LogP contribution < -0.4 is 0 Å². The maximum atomic E-state index is 12.2. The number of hydrogen-bond donors (Lipinski definition) is 0. The first-order chi connectivity index (χ1) is 9.51. The number of carbonyl (C=O) groups is 1. The van der Waals surface area contributed by atoms with Gasteiger partial charge in [-0.3, -0.25) is 4.79 Å². The minimum absolute atomic E-state index is 0.264. The maximum absolute atomic E-state index is 12.2. The molecule has 1 fully saturated rings. The highest BCUT2D eigenvalue weighted by molar-refractivity contribution is 5.82. The summed E-state index contributed by atoms with van der Waals surface area (Å²) in [5, 5.41) is 0. The lowest BCUT2D eigenvalue weighted by atomic mass is 9.75. The van der Waals surface area contributed by atoms with Crippen molar-refractivity contribution in [1.29, 1.82) is 0 Å². The second-order valence-corrected chi connectivity index (χ2v) is 6.67. The Morgan fingerprint density at radius 3 is 2.40 bits per heavy atom. The fraction of sp³-hybridized carbons (Fsp3) is 0.632. The van der Waals surface area contributed by atoms with Gasteiger partial charge in [0.25, 0.3) is 0 Å². The molecule has 0 bridgehead atoms. The number of Topliss-reactive ketones (excluding diaryl/α,β-unsaturated/α-hetero) is 1. The largest absolute Gasteiger partial charge is 0.299 e. The van der Waals surface area contributed by atoms with E-state index in [1.165, 1.54) is 35.1 Å². The van der Waals surface area contributed by atoms with E-state index in [0.717, 1.165) is 31.6 Å². The molecule has 110 valence electrons. The summed E-state index contributed by atoms with van der Waals surface area (Å²) < 4.78 is 0. The van der Waals surface area contributed by atoms with Crippen LogP contribution in [-0.2, 0) is 11.2 Å². The van der Waals surface area contributed by atoms with Crippen LogP contribution in [-0.4, -0.2) is 5.78 Å². The number of rotatable bonds is 4. The maximum Gasteiger partial charge on any atom is 0.136 e. The van der Waals surface area contributed by atoms with Crippen LogP contribution >= 0.6 is 0 Å². The molecule has 2 rings (SSSR count). The van der Waals surface area contributed by atoms with Gasteiger partial charge in [0.05, 0.1) is 0 Å². The molecule has 1 nitrogen and oxygen atoms in total. The number of benzene rings is 1. The molecule has 1 aromatic carbocycles. The normalized spacial score (nSPS) is 23.1. The summed E-state index contributed by atoms with van der Waals surface area (Å²) in [5.74, 6) is 1.53. The number of hydrogen-bond acceptors (Lipinski definition) is 1. The monoisotopic (exact) mass is 272 g/mol. The average Bonchev–Trinajstić information content (AvgIpc) is 2.37. The van der Waals surface area contributed by atoms with Gasteiger partial charge in [0.2, 0.25) is 0 Å². The Balaban J connectivity index is 2.14. The molecule has 1 saturated carbocycles. The lowest BCUT2D eigenvalue weighted by Gasteiger charge is -2.29. The molecule has 0 aliphatic heterocycles. The highest BCUT2D eigenvalue weighted by Gasteiger charge is 2.28. The topological polar surface area (TPSA) is 17.1 Å². The van der Waals surface area contributed by atoms with Crippen LogP contribution in [0.5, 0.6) is 0 Å². The van der Waals surface area contributed by atoms with E-state index in [1.54, 1.807) is 0 Å². The Morgan fingerprint density at radius 2 is 1.80 bits per heavy atom. The molecular formula is C19H28O. The van der Waals surface area contributed by atoms with E-state index in [-0.39, 0.29) is 5.92 Å². The molecule has 0 radical (unpaired) electrons. The molecule has 2 unspecified atom stereocenters. The smallest absolute Gasteiger partial charge is 0.136 e. The highest BCUT2D eigenvalue weighted by Crippen LogP contribution is 2.33. The summed E-state index contributed by atoms with van der Waals surface area (Å²) in [4.78, 5) is 12.2. The zero-order chi connectivity index (χ0) is 14.7. The molecule has 1 aromatic rings. The third-order valence-corrected chi connectivity index (χ3v) is 4.86. The van der Waals surface area contributed by atoms with Crippen LogP contribution in [0.25, 0.3) is 0 Å². The van der Waals surface area contributed by atoms with Crippen LogP contribution in [0.4, 0.5) is 0 Å². The van der Waals surface area contributed by atoms with Gasteiger partial charge < -0.3 is 0 Å². The summed E-state index contributed by atoms with van der Waals surface area (Å²) in [7, 11) is 0. The van der Waals surface area contributed by atoms with Crippen molar-refractivity contribution in [3.63, 3.8) is 0 Å². The highest BCUT2D eigenvalue weighted by atomic mass is 16.1. The Morgan fingerprint density at radius 1 is 1.15 bits per heavy atom. The molecule has 20 heavy (non-hydrogen) atoms. The van der Waals surface area contributed by atoms with E-state index in [1.807, 2.05) is 0 Å². The second-order valence-electron chi connectivity index (χ2n) is 6.67. The van der Waals surface area contributed by atoms with Gasteiger partial charge in [-0.2, -0.15) is 0 Å². The van der Waals surface area contributed by atoms with E-state index < -0.39 is 0 Å². The van der Waals surface area contributed by atoms with Crippen LogP contribution in [0, 0.1) is 32.6 Å². The van der Waals surface area contributed by atoms with E-state index in [4.69, 9.17) is 0 Å². The Kier molecular flexibility index (Phi) is 5.01. The van der Waals surface area contributed by atoms with Crippen molar-refractivity contribution >= 4 is 5.78 Å². The molecule has 1 heteroatoms. The number of aryl methyl sites for hydroxylation is 3. The number of carbonyl (C=O) groups excluding carboxylic acids is 1. The van der Waals surface area contributed by atoms with Gasteiger partial charge in [0.1, 0.15) is 5.78 Å². The molecule has 2 atom stereocenters. The van der Waals surface area contributed by atoms with Crippen LogP contribution in [0.3, 0.4) is 0 Å². The molecule has 0 spiro atoms. The quantitative estimate of drug-likeness (QED) is 0.758. The summed E-state index contributed by atoms with van der Waals surface area (Å²) in [6, 6.07) is 4.50. The first kappa shape index (κ1) is 15.3. The van der Waals surface area contributed by atoms with Gasteiger partial charge in [-0.1, -0.05) is 37.5 Å². The Hall–Kier alpha value is -1.11. The summed E-state index contributed by atoms with van der Waals surface area (Å²) in [6.07, 6.45) is 6.52. The van der Waals surface area contributed by atoms with Crippen molar-refractivity contribution in [2.45, 2.75) is 66.2 Å². The molecule has 1 aliphatic rings. The van der Waals surface area contributed by atoms with Gasteiger partial charge in [-0.05, 0) is 62.6 Å².